The molecule has 3 heterocycles. The van der Waals surface area contributed by atoms with Gasteiger partial charge in [-0.15, -0.1) is 11.3 Å². The third-order valence-electron chi connectivity index (χ3n) is 4.24. The van der Waals surface area contributed by atoms with Crippen LogP contribution in [0.5, 0.6) is 0 Å². The number of nitrogens with zero attached hydrogens (tertiary/aromatic N) is 4. The molecule has 0 fully saturated rings. The summed E-state index contributed by atoms with van der Waals surface area (Å²) in [6, 6.07) is 1.66. The van der Waals surface area contributed by atoms with Crippen molar-refractivity contribution >= 4 is 51.0 Å². The molecule has 0 saturated heterocycles. The number of amides is 1. The maximum Gasteiger partial charge on any atom is 0.348 e. The first kappa shape index (κ1) is 20.8. The second kappa shape index (κ2) is 7.84. The first-order valence-corrected chi connectivity index (χ1v) is 9.74. The van der Waals surface area contributed by atoms with Crippen LogP contribution in [0, 0.1) is 6.92 Å². The monoisotopic (exact) mass is 439 g/mol. The number of thiophene rings is 1. The fraction of sp³-hybridized carbons (Fsp3) is 0.353. The van der Waals surface area contributed by atoms with Crippen LogP contribution in [0.1, 0.15) is 22.2 Å². The standard InChI is InChI=1S/C17H18ClN5O5S/c1-5-28-15(26)12-8(2)6-10(29-12)19-9(24)7-23-11-13(20-16(23)18)21(3)17(27)22(4)14(11)25/h6H,5,7H2,1-4H3,(H,19,24). The third kappa shape index (κ3) is 3.70. The van der Waals surface area contributed by atoms with Gasteiger partial charge >= 0.3 is 11.7 Å². The lowest BCUT2D eigenvalue weighted by atomic mass is 10.3. The molecule has 0 unspecified atom stereocenters. The molecule has 0 radical (unpaired) electrons. The van der Waals surface area contributed by atoms with Gasteiger partial charge in [-0.05, 0) is 37.1 Å². The number of carbonyl (C=O) groups is 2. The first-order valence-electron chi connectivity index (χ1n) is 8.54. The van der Waals surface area contributed by atoms with Gasteiger partial charge < -0.3 is 10.1 Å². The molecule has 0 aliphatic carbocycles. The number of hydrogen-bond donors (Lipinski definition) is 1. The van der Waals surface area contributed by atoms with Crippen LogP contribution in [0.2, 0.25) is 5.28 Å². The molecule has 3 rings (SSSR count). The number of carbonyl (C=O) groups excluding carboxylic acids is 2. The Bertz CT molecular complexity index is 1250. The van der Waals surface area contributed by atoms with Crippen molar-refractivity contribution in [1.29, 1.82) is 0 Å². The molecular formula is C17H18ClN5O5S. The highest BCUT2D eigenvalue weighted by atomic mass is 35.5. The fourth-order valence-electron chi connectivity index (χ4n) is 2.83. The molecule has 12 heteroatoms. The van der Waals surface area contributed by atoms with Crippen LogP contribution in [0.25, 0.3) is 11.2 Å². The summed E-state index contributed by atoms with van der Waals surface area (Å²) in [6.07, 6.45) is 0. The summed E-state index contributed by atoms with van der Waals surface area (Å²) in [6.45, 7) is 3.40. The van der Waals surface area contributed by atoms with Gasteiger partial charge in [-0.2, -0.15) is 4.98 Å². The zero-order chi connectivity index (χ0) is 21.5. The van der Waals surface area contributed by atoms with E-state index in [2.05, 4.69) is 10.3 Å². The second-order valence-corrected chi connectivity index (χ2v) is 7.63. The van der Waals surface area contributed by atoms with Gasteiger partial charge in [-0.3, -0.25) is 23.3 Å². The molecule has 29 heavy (non-hydrogen) atoms. The molecule has 3 aromatic heterocycles. The van der Waals surface area contributed by atoms with Crippen LogP contribution >= 0.6 is 22.9 Å². The number of aromatic nitrogens is 4. The maximum atomic E-state index is 12.5. The molecule has 0 aromatic carbocycles. The number of nitrogens with one attached hydrogen (secondary N) is 1. The molecule has 1 amide bonds. The zero-order valence-electron chi connectivity index (χ0n) is 16.1. The number of imidazole rings is 1. The van der Waals surface area contributed by atoms with Crippen molar-refractivity contribution in [1.82, 2.24) is 18.7 Å². The lowest BCUT2D eigenvalue weighted by Gasteiger charge is -2.07. The molecule has 3 aromatic rings. The van der Waals surface area contributed by atoms with Gasteiger partial charge in [0, 0.05) is 14.1 Å². The summed E-state index contributed by atoms with van der Waals surface area (Å²) in [7, 11) is 2.80. The van der Waals surface area contributed by atoms with Crippen LogP contribution in [0.15, 0.2) is 15.7 Å². The molecule has 0 atom stereocenters. The predicted molar refractivity (Wildman–Crippen MR) is 109 cm³/mol. The number of fused-ring (bicyclic) bond motifs is 1. The molecule has 0 bridgehead atoms. The Hall–Kier alpha value is -2.92. The normalized spacial score (nSPS) is 11.1. The van der Waals surface area contributed by atoms with Crippen molar-refractivity contribution < 1.29 is 14.3 Å². The van der Waals surface area contributed by atoms with Crippen molar-refractivity contribution in [3.8, 4) is 0 Å². The minimum Gasteiger partial charge on any atom is -0.462 e. The Kier molecular flexibility index (Phi) is 5.62. The SMILES string of the molecule is CCOC(=O)c1sc(NC(=O)Cn2c(Cl)nc3c2c(=O)n(C)c(=O)n3C)cc1C. The van der Waals surface area contributed by atoms with Crippen LogP contribution in [-0.4, -0.2) is 37.2 Å². The smallest absolute Gasteiger partial charge is 0.348 e. The molecule has 0 saturated carbocycles. The minimum atomic E-state index is -0.605. The van der Waals surface area contributed by atoms with Crippen molar-refractivity contribution in [2.75, 3.05) is 11.9 Å². The minimum absolute atomic E-state index is 0.0457. The largest absolute Gasteiger partial charge is 0.462 e. The van der Waals surface area contributed by atoms with Crippen molar-refractivity contribution in [3.05, 3.63) is 42.6 Å². The van der Waals surface area contributed by atoms with Crippen LogP contribution in [0.4, 0.5) is 5.00 Å². The highest BCUT2D eigenvalue weighted by molar-refractivity contribution is 7.18. The highest BCUT2D eigenvalue weighted by Crippen LogP contribution is 2.27. The lowest BCUT2D eigenvalue weighted by Crippen LogP contribution is -2.37. The maximum absolute atomic E-state index is 12.5. The molecular weight excluding hydrogens is 422 g/mol. The summed E-state index contributed by atoms with van der Waals surface area (Å²) in [5, 5.41) is 3.04. The molecule has 1 N–H and O–H groups in total. The van der Waals surface area contributed by atoms with Crippen LogP contribution in [-0.2, 0) is 30.2 Å². The average Bonchev–Trinajstić information content (AvgIpc) is 3.18. The van der Waals surface area contributed by atoms with E-state index in [9.17, 15) is 19.2 Å². The van der Waals surface area contributed by atoms with E-state index in [0.29, 0.717) is 15.4 Å². The van der Waals surface area contributed by atoms with E-state index in [1.54, 1.807) is 19.9 Å². The zero-order valence-corrected chi connectivity index (χ0v) is 17.7. The molecule has 154 valence electrons. The average molecular weight is 440 g/mol. The van der Waals surface area contributed by atoms with E-state index in [1.807, 2.05) is 0 Å². The number of hydrogen-bond acceptors (Lipinski definition) is 7. The molecule has 0 aliphatic rings. The van der Waals surface area contributed by atoms with Crippen LogP contribution < -0.4 is 16.6 Å². The van der Waals surface area contributed by atoms with Gasteiger partial charge in [0.2, 0.25) is 11.2 Å². The molecule has 0 spiro atoms. The van der Waals surface area contributed by atoms with Crippen molar-refractivity contribution in [2.45, 2.75) is 20.4 Å². The van der Waals surface area contributed by atoms with Crippen molar-refractivity contribution in [2.24, 2.45) is 14.1 Å². The van der Waals surface area contributed by atoms with E-state index < -0.39 is 23.1 Å². The summed E-state index contributed by atoms with van der Waals surface area (Å²) >= 11 is 7.21. The summed E-state index contributed by atoms with van der Waals surface area (Å²) in [5.41, 5.74) is -0.337. The van der Waals surface area contributed by atoms with Crippen LogP contribution in [0.3, 0.4) is 0 Å². The Morgan fingerprint density at radius 1 is 1.28 bits per heavy atom. The Morgan fingerprint density at radius 3 is 2.62 bits per heavy atom. The Labute approximate surface area is 173 Å². The fourth-order valence-corrected chi connectivity index (χ4v) is 4.03. The Balaban J connectivity index is 1.91. The van der Waals surface area contributed by atoms with E-state index >= 15 is 0 Å². The first-order chi connectivity index (χ1) is 13.6. The number of rotatable bonds is 5. The number of halogens is 1. The van der Waals surface area contributed by atoms with Gasteiger partial charge in [0.15, 0.2) is 11.2 Å². The van der Waals surface area contributed by atoms with Crippen molar-refractivity contribution in [3.63, 3.8) is 0 Å². The predicted octanol–water partition coefficient (Wildman–Crippen LogP) is 1.27. The topological polar surface area (TPSA) is 117 Å². The molecule has 10 nitrogen and oxygen atoms in total. The van der Waals surface area contributed by atoms with Gasteiger partial charge in [-0.1, -0.05) is 0 Å². The lowest BCUT2D eigenvalue weighted by molar-refractivity contribution is -0.116. The van der Waals surface area contributed by atoms with Gasteiger partial charge in [0.05, 0.1) is 11.6 Å². The van der Waals surface area contributed by atoms with Gasteiger partial charge in [0.25, 0.3) is 5.56 Å². The highest BCUT2D eigenvalue weighted by Gasteiger charge is 2.21. The van der Waals surface area contributed by atoms with E-state index in [1.165, 1.54) is 23.2 Å². The van der Waals surface area contributed by atoms with E-state index in [0.717, 1.165) is 15.9 Å². The number of esters is 1. The van der Waals surface area contributed by atoms with E-state index in [4.69, 9.17) is 16.3 Å². The Morgan fingerprint density at radius 2 is 1.97 bits per heavy atom. The number of aryl methyl sites for hydroxylation is 2. The molecule has 0 aliphatic heterocycles. The summed E-state index contributed by atoms with van der Waals surface area (Å²) in [5.74, 6) is -0.928. The van der Waals surface area contributed by atoms with E-state index in [-0.39, 0.29) is 29.6 Å². The van der Waals surface area contributed by atoms with Gasteiger partial charge in [0.1, 0.15) is 11.4 Å². The van der Waals surface area contributed by atoms with Gasteiger partial charge in [-0.25, -0.2) is 9.59 Å². The summed E-state index contributed by atoms with van der Waals surface area (Å²) < 4.78 is 8.33. The number of ether oxygens (including phenoxy) is 1. The quantitative estimate of drug-likeness (QED) is 0.472. The third-order valence-corrected chi connectivity index (χ3v) is 5.67. The number of anilines is 1. The second-order valence-electron chi connectivity index (χ2n) is 6.24. The summed E-state index contributed by atoms with van der Waals surface area (Å²) in [4.78, 5) is 53.4.